The summed E-state index contributed by atoms with van der Waals surface area (Å²) < 4.78 is 9.33. The maximum atomic E-state index is 12.1. The molecule has 1 saturated heterocycles. The van der Waals surface area contributed by atoms with E-state index in [2.05, 4.69) is 10.2 Å². The fraction of sp³-hybridized carbons (Fsp3) is 0.421. The van der Waals surface area contributed by atoms with Crippen LogP contribution in [0.2, 0.25) is 0 Å². The Kier molecular flexibility index (Phi) is 4.46. The highest BCUT2D eigenvalue weighted by Gasteiger charge is 2.24. The molecule has 0 amide bonds. The molecule has 0 radical (unpaired) electrons. The van der Waals surface area contributed by atoms with E-state index in [1.807, 2.05) is 18.2 Å². The van der Waals surface area contributed by atoms with E-state index < -0.39 is 0 Å². The number of anilines is 1. The number of fused-ring (bicyclic) bond motifs is 1. The molecule has 1 fully saturated rings. The van der Waals surface area contributed by atoms with Gasteiger partial charge in [-0.3, -0.25) is 18.5 Å². The Hall–Kier alpha value is -3.07. The molecule has 1 atom stereocenters. The molecule has 0 spiro atoms. The van der Waals surface area contributed by atoms with Crippen LogP contribution in [0.1, 0.15) is 12.0 Å². The van der Waals surface area contributed by atoms with Crippen LogP contribution in [-0.4, -0.2) is 32.8 Å². The van der Waals surface area contributed by atoms with Crippen LogP contribution in [0.25, 0.3) is 11.1 Å². The molecular weight excluding hydrogens is 362 g/mol. The average Bonchev–Trinajstić information content (AvgIpc) is 3.26. The van der Waals surface area contributed by atoms with Crippen molar-refractivity contribution in [2.75, 3.05) is 18.0 Å². The zero-order valence-electron chi connectivity index (χ0n) is 16.1. The number of oxazole rings is 1. The Morgan fingerprint density at radius 2 is 1.86 bits per heavy atom. The zero-order chi connectivity index (χ0) is 20.0. The number of nitrogens with one attached hydrogen (secondary N) is 1. The van der Waals surface area contributed by atoms with Gasteiger partial charge in [0.05, 0.1) is 5.52 Å². The molecule has 9 nitrogen and oxygen atoms in total. The summed E-state index contributed by atoms with van der Waals surface area (Å²) in [7, 11) is 4.85. The number of aryl methyl sites for hydroxylation is 1. The first-order valence-corrected chi connectivity index (χ1v) is 9.19. The van der Waals surface area contributed by atoms with Crippen LogP contribution in [0.15, 0.2) is 43.1 Å². The smallest absolute Gasteiger partial charge is 0.408 e. The van der Waals surface area contributed by atoms with Gasteiger partial charge < -0.3 is 14.6 Å². The minimum Gasteiger partial charge on any atom is -0.408 e. The van der Waals surface area contributed by atoms with Gasteiger partial charge in [-0.1, -0.05) is 6.07 Å². The van der Waals surface area contributed by atoms with E-state index in [1.165, 1.54) is 22.2 Å². The van der Waals surface area contributed by atoms with Crippen LogP contribution in [-0.2, 0) is 27.7 Å². The number of nitrogens with zero attached hydrogens (tertiary/aromatic N) is 4. The lowest BCUT2D eigenvalue weighted by atomic mass is 10.2. The van der Waals surface area contributed by atoms with Crippen molar-refractivity contribution in [1.29, 1.82) is 0 Å². The monoisotopic (exact) mass is 385 g/mol. The first-order chi connectivity index (χ1) is 13.3. The van der Waals surface area contributed by atoms with Crippen molar-refractivity contribution in [2.24, 2.45) is 21.1 Å². The van der Waals surface area contributed by atoms with Crippen molar-refractivity contribution >= 4 is 16.9 Å². The molecule has 1 aliphatic rings. The first-order valence-electron chi connectivity index (χ1n) is 9.19. The maximum absolute atomic E-state index is 12.1. The third-order valence-corrected chi connectivity index (χ3v) is 5.46. The van der Waals surface area contributed by atoms with Gasteiger partial charge in [0.25, 0.3) is 5.56 Å². The molecule has 0 unspecified atom stereocenters. The highest BCUT2D eigenvalue weighted by molar-refractivity contribution is 5.73. The van der Waals surface area contributed by atoms with Crippen LogP contribution in [0.4, 0.5) is 5.82 Å². The molecule has 3 aromatic rings. The van der Waals surface area contributed by atoms with Gasteiger partial charge in [0, 0.05) is 52.9 Å². The van der Waals surface area contributed by atoms with E-state index in [9.17, 15) is 14.4 Å². The van der Waals surface area contributed by atoms with Crippen LogP contribution < -0.4 is 27.2 Å². The molecule has 28 heavy (non-hydrogen) atoms. The maximum Gasteiger partial charge on any atom is 0.419 e. The lowest BCUT2D eigenvalue weighted by molar-refractivity contribution is 0.526. The third-order valence-electron chi connectivity index (χ3n) is 5.46. The van der Waals surface area contributed by atoms with Crippen LogP contribution in [0.3, 0.4) is 0 Å². The van der Waals surface area contributed by atoms with E-state index in [4.69, 9.17) is 4.42 Å². The van der Waals surface area contributed by atoms with E-state index in [-0.39, 0.29) is 23.0 Å². The Morgan fingerprint density at radius 3 is 2.64 bits per heavy atom. The molecular formula is C19H23N5O4. The zero-order valence-corrected chi connectivity index (χ0v) is 16.1. The van der Waals surface area contributed by atoms with Gasteiger partial charge in [0.2, 0.25) is 0 Å². The minimum atomic E-state index is -0.369. The van der Waals surface area contributed by atoms with Crippen LogP contribution in [0.5, 0.6) is 0 Å². The summed E-state index contributed by atoms with van der Waals surface area (Å²) in [5.41, 5.74) is 1.76. The second-order valence-corrected chi connectivity index (χ2v) is 7.28. The highest BCUT2D eigenvalue weighted by atomic mass is 16.4. The molecule has 0 aliphatic carbocycles. The van der Waals surface area contributed by atoms with Crippen molar-refractivity contribution < 1.29 is 4.42 Å². The van der Waals surface area contributed by atoms with Gasteiger partial charge >= 0.3 is 11.4 Å². The first kappa shape index (κ1) is 18.3. The number of hydrogen-bond acceptors (Lipinski definition) is 6. The number of rotatable bonds is 4. The van der Waals surface area contributed by atoms with E-state index in [0.29, 0.717) is 24.5 Å². The Bertz CT molecular complexity index is 1220. The van der Waals surface area contributed by atoms with Crippen molar-refractivity contribution in [2.45, 2.75) is 19.0 Å². The van der Waals surface area contributed by atoms with Gasteiger partial charge in [-0.05, 0) is 24.1 Å². The number of aromatic nitrogens is 3. The Balaban J connectivity index is 1.45. The molecule has 3 heterocycles. The summed E-state index contributed by atoms with van der Waals surface area (Å²) in [4.78, 5) is 37.8. The lowest BCUT2D eigenvalue weighted by Gasteiger charge is -2.21. The van der Waals surface area contributed by atoms with Crippen molar-refractivity contribution in [3.05, 3.63) is 61.2 Å². The van der Waals surface area contributed by atoms with Gasteiger partial charge in [0.15, 0.2) is 5.58 Å². The van der Waals surface area contributed by atoms with E-state index in [0.717, 1.165) is 28.6 Å². The summed E-state index contributed by atoms with van der Waals surface area (Å²) in [5.74, 6) is 0.274. The predicted molar refractivity (Wildman–Crippen MR) is 106 cm³/mol. The van der Waals surface area contributed by atoms with E-state index >= 15 is 0 Å². The van der Waals surface area contributed by atoms with Gasteiger partial charge in [-0.2, -0.15) is 0 Å². The number of benzene rings is 1. The molecule has 148 valence electrons. The normalized spacial score (nSPS) is 17.0. The average molecular weight is 385 g/mol. The second kappa shape index (κ2) is 6.83. The van der Waals surface area contributed by atoms with Crippen molar-refractivity contribution in [1.82, 2.24) is 19.0 Å². The third kappa shape index (κ3) is 3.07. The summed E-state index contributed by atoms with van der Waals surface area (Å²) in [5, 5.41) is 3.50. The molecule has 0 saturated carbocycles. The molecule has 1 aromatic carbocycles. The summed E-state index contributed by atoms with van der Waals surface area (Å²) in [6.45, 7) is 2.12. The summed E-state index contributed by atoms with van der Waals surface area (Å²) in [6.07, 6.45) is 0.909. The fourth-order valence-electron chi connectivity index (χ4n) is 3.71. The SMILES string of the molecule is Cn1c(N2CC[C@@H](NCc3ccc4c(c3)oc(=O)n4C)C2)cc(=O)n(C)c1=O. The summed E-state index contributed by atoms with van der Waals surface area (Å²) >= 11 is 0. The number of hydrogen-bond donors (Lipinski definition) is 1. The highest BCUT2D eigenvalue weighted by Crippen LogP contribution is 2.18. The molecule has 1 aliphatic heterocycles. The van der Waals surface area contributed by atoms with Crippen molar-refractivity contribution in [3.8, 4) is 0 Å². The largest absolute Gasteiger partial charge is 0.419 e. The Labute approximate surface area is 160 Å². The molecule has 1 N–H and O–H groups in total. The van der Waals surface area contributed by atoms with Crippen molar-refractivity contribution in [3.63, 3.8) is 0 Å². The molecule has 9 heteroatoms. The van der Waals surface area contributed by atoms with Gasteiger partial charge in [0.1, 0.15) is 5.82 Å². The van der Waals surface area contributed by atoms with Gasteiger partial charge in [-0.15, -0.1) is 0 Å². The molecule has 0 bridgehead atoms. The topological polar surface area (TPSA) is 94.4 Å². The quantitative estimate of drug-likeness (QED) is 0.674. The van der Waals surface area contributed by atoms with E-state index in [1.54, 1.807) is 14.1 Å². The van der Waals surface area contributed by atoms with Gasteiger partial charge in [-0.25, -0.2) is 9.59 Å². The standard InChI is InChI=1S/C19H23N5O4/c1-21-14-5-4-12(8-15(14)28-19(21)27)10-20-13-6-7-24(11-13)16-9-17(25)23(3)18(26)22(16)2/h4-5,8-9,13,20H,6-7,10-11H2,1-3H3/t13-/m1/s1. The molecule has 2 aromatic heterocycles. The minimum absolute atomic E-state index is 0.234. The lowest BCUT2D eigenvalue weighted by Crippen LogP contribution is -2.40. The predicted octanol–water partition coefficient (Wildman–Crippen LogP) is -0.103. The second-order valence-electron chi connectivity index (χ2n) is 7.28. The fourth-order valence-corrected chi connectivity index (χ4v) is 3.71. The Morgan fingerprint density at radius 1 is 1.07 bits per heavy atom. The molecule has 4 rings (SSSR count). The van der Waals surface area contributed by atoms with Crippen LogP contribution in [0, 0.1) is 0 Å². The summed E-state index contributed by atoms with van der Waals surface area (Å²) in [6, 6.07) is 7.48. The van der Waals surface area contributed by atoms with Crippen LogP contribution >= 0.6 is 0 Å².